The molecule has 2 unspecified atom stereocenters. The molecule has 2 aromatic carbocycles. The SMILES string of the molecule is O=C(O)CCC(NC(=O)OCC1c2ccccc2-c2ccccc21)C(=O)N1CCC(CO)C1. The Kier molecular flexibility index (Phi) is 6.93. The molecule has 0 bridgehead atoms. The van der Waals surface area contributed by atoms with Crippen LogP contribution in [0.5, 0.6) is 0 Å². The minimum absolute atomic E-state index is 0.00327. The summed E-state index contributed by atoms with van der Waals surface area (Å²) in [6.45, 7) is 0.963. The number of hydrogen-bond acceptors (Lipinski definition) is 5. The first kappa shape index (κ1) is 22.8. The van der Waals surface area contributed by atoms with E-state index in [-0.39, 0.29) is 43.8 Å². The number of ether oxygens (including phenoxy) is 1. The predicted molar refractivity (Wildman–Crippen MR) is 121 cm³/mol. The van der Waals surface area contributed by atoms with E-state index >= 15 is 0 Å². The number of likely N-dealkylation sites (tertiary alicyclic amines) is 1. The number of amides is 2. The molecular weight excluding hydrogens is 424 g/mol. The van der Waals surface area contributed by atoms with Gasteiger partial charge >= 0.3 is 12.1 Å². The summed E-state index contributed by atoms with van der Waals surface area (Å²) in [4.78, 5) is 38.2. The fourth-order valence-electron chi connectivity index (χ4n) is 4.71. The molecule has 174 valence electrons. The Morgan fingerprint density at radius 3 is 2.27 bits per heavy atom. The lowest BCUT2D eigenvalue weighted by Gasteiger charge is -2.24. The van der Waals surface area contributed by atoms with Crippen LogP contribution < -0.4 is 5.32 Å². The summed E-state index contributed by atoms with van der Waals surface area (Å²) in [5, 5.41) is 21.0. The van der Waals surface area contributed by atoms with Crippen molar-refractivity contribution in [1.29, 1.82) is 0 Å². The summed E-state index contributed by atoms with van der Waals surface area (Å²) in [6, 6.07) is 15.0. The summed E-state index contributed by atoms with van der Waals surface area (Å²) in [5.41, 5.74) is 4.39. The van der Waals surface area contributed by atoms with E-state index in [9.17, 15) is 19.5 Å². The summed E-state index contributed by atoms with van der Waals surface area (Å²) >= 11 is 0. The first-order valence-electron chi connectivity index (χ1n) is 11.2. The number of fused-ring (bicyclic) bond motifs is 3. The first-order chi connectivity index (χ1) is 16.0. The molecule has 33 heavy (non-hydrogen) atoms. The maximum atomic E-state index is 12.9. The summed E-state index contributed by atoms with van der Waals surface area (Å²) in [5.74, 6) is -1.50. The number of aliphatic hydroxyl groups excluding tert-OH is 1. The van der Waals surface area contributed by atoms with E-state index in [1.54, 1.807) is 4.90 Å². The highest BCUT2D eigenvalue weighted by Gasteiger charge is 2.33. The van der Waals surface area contributed by atoms with Crippen LogP contribution >= 0.6 is 0 Å². The molecule has 2 atom stereocenters. The number of aliphatic hydroxyl groups is 1. The third kappa shape index (κ3) is 5.01. The second-order valence-electron chi connectivity index (χ2n) is 8.58. The van der Waals surface area contributed by atoms with E-state index in [0.29, 0.717) is 19.5 Å². The van der Waals surface area contributed by atoms with Crippen LogP contribution in [-0.4, -0.2) is 65.4 Å². The minimum atomic E-state index is -1.04. The number of carboxylic acid groups (broad SMARTS) is 1. The Morgan fingerprint density at radius 2 is 1.70 bits per heavy atom. The van der Waals surface area contributed by atoms with Gasteiger partial charge in [-0.15, -0.1) is 0 Å². The molecule has 0 saturated carbocycles. The van der Waals surface area contributed by atoms with Gasteiger partial charge in [0.25, 0.3) is 0 Å². The Morgan fingerprint density at radius 1 is 1.06 bits per heavy atom. The highest BCUT2D eigenvalue weighted by Crippen LogP contribution is 2.44. The van der Waals surface area contributed by atoms with Gasteiger partial charge in [0.05, 0.1) is 0 Å². The van der Waals surface area contributed by atoms with Gasteiger partial charge in [-0.1, -0.05) is 48.5 Å². The van der Waals surface area contributed by atoms with E-state index in [1.807, 2.05) is 48.5 Å². The zero-order valence-electron chi connectivity index (χ0n) is 18.3. The van der Waals surface area contributed by atoms with E-state index in [1.165, 1.54) is 0 Å². The maximum absolute atomic E-state index is 12.9. The lowest BCUT2D eigenvalue weighted by molar-refractivity contribution is -0.137. The minimum Gasteiger partial charge on any atom is -0.481 e. The maximum Gasteiger partial charge on any atom is 0.407 e. The number of nitrogens with one attached hydrogen (secondary N) is 1. The van der Waals surface area contributed by atoms with Crippen molar-refractivity contribution in [2.45, 2.75) is 31.2 Å². The van der Waals surface area contributed by atoms with Crippen molar-refractivity contribution in [2.24, 2.45) is 5.92 Å². The van der Waals surface area contributed by atoms with Gasteiger partial charge < -0.3 is 25.2 Å². The van der Waals surface area contributed by atoms with Crippen molar-refractivity contribution in [3.63, 3.8) is 0 Å². The number of carbonyl (C=O) groups excluding carboxylic acids is 2. The zero-order chi connectivity index (χ0) is 23.4. The number of hydrogen-bond donors (Lipinski definition) is 3. The molecule has 1 fully saturated rings. The highest BCUT2D eigenvalue weighted by atomic mass is 16.5. The van der Waals surface area contributed by atoms with Gasteiger partial charge in [0.15, 0.2) is 0 Å². The molecule has 0 aromatic heterocycles. The zero-order valence-corrected chi connectivity index (χ0v) is 18.3. The second kappa shape index (κ2) is 10.0. The standard InChI is InChI=1S/C25H28N2O6/c28-14-16-11-12-27(13-16)24(31)22(9-10-23(29)30)26-25(32)33-15-21-19-7-3-1-5-17(19)18-6-2-4-8-20(18)21/h1-8,16,21-22,28H,9-15H2,(H,26,32)(H,29,30). The molecule has 8 heteroatoms. The molecular formula is C25H28N2O6. The second-order valence-corrected chi connectivity index (χ2v) is 8.58. The molecule has 1 aliphatic heterocycles. The van der Waals surface area contributed by atoms with Crippen molar-refractivity contribution >= 4 is 18.0 Å². The molecule has 0 radical (unpaired) electrons. The van der Waals surface area contributed by atoms with Crippen molar-refractivity contribution in [3.8, 4) is 11.1 Å². The van der Waals surface area contributed by atoms with E-state index < -0.39 is 18.1 Å². The molecule has 2 aliphatic rings. The Labute approximate surface area is 192 Å². The van der Waals surface area contributed by atoms with Gasteiger partial charge in [-0.25, -0.2) is 4.79 Å². The van der Waals surface area contributed by atoms with Crippen molar-refractivity contribution in [1.82, 2.24) is 10.2 Å². The lowest BCUT2D eigenvalue weighted by Crippen LogP contribution is -2.48. The normalized spacial score (nSPS) is 17.8. The Bertz CT molecular complexity index is 994. The molecule has 2 amide bonds. The van der Waals surface area contributed by atoms with Crippen LogP contribution in [-0.2, 0) is 14.3 Å². The molecule has 2 aromatic rings. The average molecular weight is 453 g/mol. The number of carboxylic acids is 1. The van der Waals surface area contributed by atoms with Crippen LogP contribution in [0.15, 0.2) is 48.5 Å². The van der Waals surface area contributed by atoms with Gasteiger partial charge in [-0.05, 0) is 35.1 Å². The highest BCUT2D eigenvalue weighted by molar-refractivity contribution is 5.86. The quantitative estimate of drug-likeness (QED) is 0.567. The van der Waals surface area contributed by atoms with Crippen LogP contribution in [0, 0.1) is 5.92 Å². The molecule has 3 N–H and O–H groups in total. The molecule has 4 rings (SSSR count). The fourth-order valence-corrected chi connectivity index (χ4v) is 4.71. The van der Waals surface area contributed by atoms with E-state index in [4.69, 9.17) is 9.84 Å². The van der Waals surface area contributed by atoms with Gasteiger partial charge in [-0.3, -0.25) is 9.59 Å². The number of alkyl carbamates (subject to hydrolysis) is 1. The first-order valence-corrected chi connectivity index (χ1v) is 11.2. The van der Waals surface area contributed by atoms with E-state index in [0.717, 1.165) is 22.3 Å². The average Bonchev–Trinajstić information content (AvgIpc) is 3.43. The smallest absolute Gasteiger partial charge is 0.407 e. The number of benzene rings is 2. The van der Waals surface area contributed by atoms with Gasteiger partial charge in [0.2, 0.25) is 5.91 Å². The summed E-state index contributed by atoms with van der Waals surface area (Å²) < 4.78 is 5.52. The molecule has 1 heterocycles. The summed E-state index contributed by atoms with van der Waals surface area (Å²) in [7, 11) is 0. The Hall–Kier alpha value is -3.39. The number of rotatable bonds is 8. The largest absolute Gasteiger partial charge is 0.481 e. The van der Waals surface area contributed by atoms with Gasteiger partial charge in [0.1, 0.15) is 12.6 Å². The molecule has 1 saturated heterocycles. The Balaban J connectivity index is 1.41. The third-order valence-corrected chi connectivity index (χ3v) is 6.44. The number of carbonyl (C=O) groups is 3. The number of aliphatic carboxylic acids is 1. The van der Waals surface area contributed by atoms with Crippen LogP contribution in [0.2, 0.25) is 0 Å². The van der Waals surface area contributed by atoms with Crippen LogP contribution in [0.1, 0.15) is 36.3 Å². The third-order valence-electron chi connectivity index (χ3n) is 6.44. The van der Waals surface area contributed by atoms with Crippen LogP contribution in [0.3, 0.4) is 0 Å². The van der Waals surface area contributed by atoms with Gasteiger partial charge in [0, 0.05) is 38.0 Å². The van der Waals surface area contributed by atoms with Crippen molar-refractivity contribution in [3.05, 3.63) is 59.7 Å². The molecule has 0 spiro atoms. The van der Waals surface area contributed by atoms with Crippen LogP contribution in [0.25, 0.3) is 11.1 Å². The lowest BCUT2D eigenvalue weighted by atomic mass is 9.98. The van der Waals surface area contributed by atoms with E-state index in [2.05, 4.69) is 5.32 Å². The summed E-state index contributed by atoms with van der Waals surface area (Å²) in [6.07, 6.45) is -0.354. The van der Waals surface area contributed by atoms with Gasteiger partial charge in [-0.2, -0.15) is 0 Å². The fraction of sp³-hybridized carbons (Fsp3) is 0.400. The number of nitrogens with zero attached hydrogens (tertiary/aromatic N) is 1. The molecule has 8 nitrogen and oxygen atoms in total. The van der Waals surface area contributed by atoms with Crippen molar-refractivity contribution in [2.75, 3.05) is 26.3 Å². The predicted octanol–water partition coefficient (Wildman–Crippen LogP) is 2.60. The monoisotopic (exact) mass is 452 g/mol. The van der Waals surface area contributed by atoms with Crippen LogP contribution in [0.4, 0.5) is 4.79 Å². The molecule has 1 aliphatic carbocycles. The topological polar surface area (TPSA) is 116 Å². The van der Waals surface area contributed by atoms with Crippen molar-refractivity contribution < 1.29 is 29.3 Å².